The lowest BCUT2D eigenvalue weighted by Crippen LogP contribution is -2.24. The molecule has 0 saturated carbocycles. The summed E-state index contributed by atoms with van der Waals surface area (Å²) in [5.74, 6) is 0.152. The van der Waals surface area contributed by atoms with E-state index in [0.29, 0.717) is 22.6 Å². The van der Waals surface area contributed by atoms with Crippen molar-refractivity contribution in [2.24, 2.45) is 5.10 Å². The van der Waals surface area contributed by atoms with E-state index in [4.69, 9.17) is 9.47 Å². The predicted molar refractivity (Wildman–Crippen MR) is 123 cm³/mol. The predicted octanol–water partition coefficient (Wildman–Crippen LogP) is 4.81. The molecule has 3 rings (SSSR count). The van der Waals surface area contributed by atoms with Crippen LogP contribution in [0.2, 0.25) is 0 Å². The van der Waals surface area contributed by atoms with Gasteiger partial charge in [-0.1, -0.05) is 40.2 Å². The van der Waals surface area contributed by atoms with Crippen LogP contribution in [0.3, 0.4) is 0 Å². The van der Waals surface area contributed by atoms with Crippen LogP contribution < -0.4 is 14.9 Å². The Morgan fingerprint density at radius 3 is 2.55 bits per heavy atom. The average molecular weight is 481 g/mol. The van der Waals surface area contributed by atoms with E-state index < -0.39 is 5.97 Å². The normalized spacial score (nSPS) is 10.7. The first-order valence-electron chi connectivity index (χ1n) is 9.50. The number of amides is 1. The number of ether oxygens (including phenoxy) is 2. The highest BCUT2D eigenvalue weighted by atomic mass is 79.9. The third kappa shape index (κ3) is 6.79. The Kier molecular flexibility index (Phi) is 7.56. The van der Waals surface area contributed by atoms with Crippen molar-refractivity contribution in [1.82, 2.24) is 5.43 Å². The summed E-state index contributed by atoms with van der Waals surface area (Å²) in [4.78, 5) is 24.2. The summed E-state index contributed by atoms with van der Waals surface area (Å²) in [7, 11) is 0. The van der Waals surface area contributed by atoms with Gasteiger partial charge in [0, 0.05) is 4.47 Å². The fourth-order valence-corrected chi connectivity index (χ4v) is 3.00. The number of nitrogens with one attached hydrogen (secondary N) is 1. The lowest BCUT2D eigenvalue weighted by atomic mass is 10.1. The highest BCUT2D eigenvalue weighted by molar-refractivity contribution is 9.10. The first-order chi connectivity index (χ1) is 14.9. The van der Waals surface area contributed by atoms with Crippen LogP contribution in [0.1, 0.15) is 27.0 Å². The zero-order chi connectivity index (χ0) is 22.2. The quantitative estimate of drug-likeness (QED) is 0.227. The van der Waals surface area contributed by atoms with Crippen molar-refractivity contribution in [1.29, 1.82) is 0 Å². The van der Waals surface area contributed by atoms with Crippen LogP contribution >= 0.6 is 15.9 Å². The standard InChI is InChI=1S/C24H21BrN2O4/c1-16-9-10-21(11-17(16)2)30-15-23(28)27-26-14-18-5-3-8-22(12-18)31-24(29)19-6-4-7-20(25)13-19/h3-14H,15H2,1-2H3,(H,27,28)/b26-14-. The molecule has 31 heavy (non-hydrogen) atoms. The second-order valence-corrected chi connectivity index (χ2v) is 7.72. The van der Waals surface area contributed by atoms with Crippen molar-refractivity contribution in [3.63, 3.8) is 0 Å². The van der Waals surface area contributed by atoms with Crippen LogP contribution in [0.25, 0.3) is 0 Å². The van der Waals surface area contributed by atoms with Gasteiger partial charge >= 0.3 is 5.97 Å². The molecular weight excluding hydrogens is 460 g/mol. The fourth-order valence-electron chi connectivity index (χ4n) is 2.60. The van der Waals surface area contributed by atoms with Gasteiger partial charge in [0.1, 0.15) is 11.5 Å². The summed E-state index contributed by atoms with van der Waals surface area (Å²) in [5, 5.41) is 3.92. The zero-order valence-corrected chi connectivity index (χ0v) is 18.7. The molecule has 0 unspecified atom stereocenters. The Balaban J connectivity index is 1.52. The van der Waals surface area contributed by atoms with E-state index in [2.05, 4.69) is 26.5 Å². The Hall–Kier alpha value is -3.45. The molecule has 0 atom stereocenters. The summed E-state index contributed by atoms with van der Waals surface area (Å²) < 4.78 is 11.7. The van der Waals surface area contributed by atoms with Crippen LogP contribution in [0, 0.1) is 13.8 Å². The number of carbonyl (C=O) groups is 2. The molecule has 6 nitrogen and oxygen atoms in total. The number of carbonyl (C=O) groups excluding carboxylic acids is 2. The van der Waals surface area contributed by atoms with E-state index in [0.717, 1.165) is 15.6 Å². The van der Waals surface area contributed by atoms with Gasteiger partial charge in [-0.05, 0) is 73.0 Å². The van der Waals surface area contributed by atoms with Gasteiger partial charge in [-0.3, -0.25) is 4.79 Å². The van der Waals surface area contributed by atoms with Crippen LogP contribution in [0.5, 0.6) is 11.5 Å². The van der Waals surface area contributed by atoms with Gasteiger partial charge in [0.2, 0.25) is 0 Å². The molecule has 0 fully saturated rings. The van der Waals surface area contributed by atoms with Gasteiger partial charge < -0.3 is 9.47 Å². The first-order valence-corrected chi connectivity index (χ1v) is 10.3. The second-order valence-electron chi connectivity index (χ2n) is 6.80. The van der Waals surface area contributed by atoms with Crippen molar-refractivity contribution in [2.45, 2.75) is 13.8 Å². The minimum absolute atomic E-state index is 0.149. The van der Waals surface area contributed by atoms with Gasteiger partial charge in [-0.2, -0.15) is 5.10 Å². The van der Waals surface area contributed by atoms with Gasteiger partial charge in [-0.25, -0.2) is 10.2 Å². The van der Waals surface area contributed by atoms with E-state index in [9.17, 15) is 9.59 Å². The molecule has 0 bridgehead atoms. The molecule has 3 aromatic rings. The molecular formula is C24H21BrN2O4. The monoisotopic (exact) mass is 480 g/mol. The zero-order valence-electron chi connectivity index (χ0n) is 17.1. The first kappa shape index (κ1) is 22.2. The third-order valence-electron chi connectivity index (χ3n) is 4.38. The topological polar surface area (TPSA) is 77.0 Å². The van der Waals surface area contributed by atoms with Crippen molar-refractivity contribution in [2.75, 3.05) is 6.61 Å². The van der Waals surface area contributed by atoms with E-state index in [-0.39, 0.29) is 12.5 Å². The minimum Gasteiger partial charge on any atom is -0.484 e. The number of rotatable bonds is 7. The molecule has 158 valence electrons. The van der Waals surface area contributed by atoms with Crippen LogP contribution in [-0.2, 0) is 4.79 Å². The molecule has 3 aromatic carbocycles. The molecule has 1 amide bonds. The maximum absolute atomic E-state index is 12.3. The highest BCUT2D eigenvalue weighted by Crippen LogP contribution is 2.17. The number of halogens is 1. The lowest BCUT2D eigenvalue weighted by Gasteiger charge is -2.07. The number of hydrogen-bond acceptors (Lipinski definition) is 5. The maximum atomic E-state index is 12.3. The van der Waals surface area contributed by atoms with Crippen molar-refractivity contribution in [3.8, 4) is 11.5 Å². The summed E-state index contributed by atoms with van der Waals surface area (Å²) >= 11 is 3.33. The Morgan fingerprint density at radius 1 is 0.968 bits per heavy atom. The summed E-state index contributed by atoms with van der Waals surface area (Å²) in [6.07, 6.45) is 1.46. The molecule has 0 heterocycles. The van der Waals surface area contributed by atoms with Gasteiger partial charge in [0.05, 0.1) is 11.8 Å². The summed E-state index contributed by atoms with van der Waals surface area (Å²) in [6, 6.07) is 19.4. The number of aryl methyl sites for hydroxylation is 2. The highest BCUT2D eigenvalue weighted by Gasteiger charge is 2.09. The van der Waals surface area contributed by atoms with Gasteiger partial charge in [-0.15, -0.1) is 0 Å². The fraction of sp³-hybridized carbons (Fsp3) is 0.125. The van der Waals surface area contributed by atoms with E-state index in [1.807, 2.05) is 38.1 Å². The number of hydrogen-bond donors (Lipinski definition) is 1. The number of hydrazone groups is 1. The SMILES string of the molecule is Cc1ccc(OCC(=O)N/N=C\c2cccc(OC(=O)c3cccc(Br)c3)c2)cc1C. The molecule has 0 saturated heterocycles. The smallest absolute Gasteiger partial charge is 0.343 e. The molecule has 0 aliphatic rings. The number of nitrogens with zero attached hydrogens (tertiary/aromatic N) is 1. The second kappa shape index (κ2) is 10.5. The van der Waals surface area contributed by atoms with Crippen molar-refractivity contribution in [3.05, 3.63) is 93.5 Å². The van der Waals surface area contributed by atoms with E-state index in [1.165, 1.54) is 6.21 Å². The number of esters is 1. The van der Waals surface area contributed by atoms with Crippen molar-refractivity contribution < 1.29 is 19.1 Å². The van der Waals surface area contributed by atoms with E-state index >= 15 is 0 Å². The summed E-state index contributed by atoms with van der Waals surface area (Å²) in [5.41, 5.74) is 5.76. The molecule has 1 N–H and O–H groups in total. The molecule has 0 aliphatic carbocycles. The lowest BCUT2D eigenvalue weighted by molar-refractivity contribution is -0.123. The molecule has 0 aromatic heterocycles. The van der Waals surface area contributed by atoms with Gasteiger partial charge in [0.15, 0.2) is 6.61 Å². The van der Waals surface area contributed by atoms with Crippen LogP contribution in [0.15, 0.2) is 76.3 Å². The maximum Gasteiger partial charge on any atom is 0.343 e. The molecule has 0 radical (unpaired) electrons. The minimum atomic E-state index is -0.466. The van der Waals surface area contributed by atoms with Crippen LogP contribution in [0.4, 0.5) is 0 Å². The Labute approximate surface area is 189 Å². The molecule has 0 spiro atoms. The Bertz CT molecular complexity index is 1130. The summed E-state index contributed by atoms with van der Waals surface area (Å²) in [6.45, 7) is 3.85. The average Bonchev–Trinajstić information content (AvgIpc) is 2.75. The largest absolute Gasteiger partial charge is 0.484 e. The Morgan fingerprint density at radius 2 is 1.77 bits per heavy atom. The third-order valence-corrected chi connectivity index (χ3v) is 4.87. The van der Waals surface area contributed by atoms with E-state index in [1.54, 1.807) is 42.5 Å². The number of benzene rings is 3. The molecule has 7 heteroatoms. The van der Waals surface area contributed by atoms with Crippen molar-refractivity contribution >= 4 is 34.0 Å². The molecule has 0 aliphatic heterocycles. The van der Waals surface area contributed by atoms with Gasteiger partial charge in [0.25, 0.3) is 5.91 Å². The van der Waals surface area contributed by atoms with Crippen LogP contribution in [-0.4, -0.2) is 24.7 Å².